The number of carbonyl (C=O) groups is 2. The first kappa shape index (κ1) is 18.3. The summed E-state index contributed by atoms with van der Waals surface area (Å²) in [5.41, 5.74) is 1.30. The highest BCUT2D eigenvalue weighted by atomic mass is 19.1. The summed E-state index contributed by atoms with van der Waals surface area (Å²) in [4.78, 5) is 25.7. The van der Waals surface area contributed by atoms with Crippen LogP contribution >= 0.6 is 0 Å². The molecule has 0 radical (unpaired) electrons. The molecule has 3 aromatic rings. The highest BCUT2D eigenvalue weighted by molar-refractivity contribution is 6.08. The third-order valence-electron chi connectivity index (χ3n) is 5.21. The molecule has 2 aliphatic heterocycles. The molecule has 1 N–H and O–H groups in total. The molecule has 1 amide bonds. The Balaban J connectivity index is 1.60. The number of halogens is 2. The molecule has 7 nitrogen and oxygen atoms in total. The summed E-state index contributed by atoms with van der Waals surface area (Å²) >= 11 is 0. The van der Waals surface area contributed by atoms with E-state index >= 15 is 0 Å². The zero-order chi connectivity index (χ0) is 21.0. The Morgan fingerprint density at radius 2 is 1.97 bits per heavy atom. The van der Waals surface area contributed by atoms with Crippen molar-refractivity contribution in [3.63, 3.8) is 0 Å². The molecule has 1 aromatic heterocycles. The van der Waals surface area contributed by atoms with E-state index in [0.717, 1.165) is 12.1 Å². The number of aryl methyl sites for hydroxylation is 1. The monoisotopic (exact) mass is 411 g/mol. The quantitative estimate of drug-likeness (QED) is 0.667. The molecule has 0 fully saturated rings. The van der Waals surface area contributed by atoms with E-state index in [-0.39, 0.29) is 30.5 Å². The number of fused-ring (bicyclic) bond motifs is 2. The highest BCUT2D eigenvalue weighted by Gasteiger charge is 2.37. The lowest BCUT2D eigenvalue weighted by Gasteiger charge is -2.23. The van der Waals surface area contributed by atoms with E-state index in [4.69, 9.17) is 9.47 Å². The molecule has 2 aliphatic rings. The van der Waals surface area contributed by atoms with E-state index in [1.165, 1.54) is 10.7 Å². The van der Waals surface area contributed by atoms with Gasteiger partial charge >= 0.3 is 0 Å². The summed E-state index contributed by atoms with van der Waals surface area (Å²) in [5, 5.41) is 6.99. The number of hydrogen-bond donors (Lipinski definition) is 1. The highest BCUT2D eigenvalue weighted by Crippen LogP contribution is 2.40. The number of amides is 1. The van der Waals surface area contributed by atoms with Crippen molar-refractivity contribution in [2.75, 3.05) is 12.1 Å². The van der Waals surface area contributed by atoms with Gasteiger partial charge in [-0.05, 0) is 37.3 Å². The Morgan fingerprint density at radius 1 is 1.17 bits per heavy atom. The molecule has 2 aromatic carbocycles. The fourth-order valence-electron chi connectivity index (χ4n) is 3.85. The zero-order valence-corrected chi connectivity index (χ0v) is 15.7. The van der Waals surface area contributed by atoms with Gasteiger partial charge in [-0.2, -0.15) is 5.10 Å². The van der Waals surface area contributed by atoms with E-state index in [9.17, 15) is 18.4 Å². The summed E-state index contributed by atoms with van der Waals surface area (Å²) in [7, 11) is 0. The molecule has 9 heteroatoms. The second kappa shape index (κ2) is 6.65. The Kier molecular flexibility index (Phi) is 4.05. The molecule has 1 atom stereocenters. The normalized spacial score (nSPS) is 16.9. The second-order valence-corrected chi connectivity index (χ2v) is 7.09. The topological polar surface area (TPSA) is 82.5 Å². The number of nitrogens with one attached hydrogen (secondary N) is 1. The molecule has 0 spiro atoms. The minimum Gasteiger partial charge on any atom is -0.454 e. The molecule has 30 heavy (non-hydrogen) atoms. The number of ketones is 1. The Morgan fingerprint density at radius 3 is 2.77 bits per heavy atom. The summed E-state index contributed by atoms with van der Waals surface area (Å²) in [6, 6.07) is 7.90. The van der Waals surface area contributed by atoms with Gasteiger partial charge in [0.05, 0.1) is 11.6 Å². The van der Waals surface area contributed by atoms with Crippen LogP contribution in [0.5, 0.6) is 11.5 Å². The van der Waals surface area contributed by atoms with Crippen LogP contribution < -0.4 is 14.8 Å². The fourth-order valence-corrected chi connectivity index (χ4v) is 3.85. The maximum absolute atomic E-state index is 14.4. The summed E-state index contributed by atoms with van der Waals surface area (Å²) in [5.74, 6) is -1.84. The molecule has 3 heterocycles. The van der Waals surface area contributed by atoms with Gasteiger partial charge in [-0.3, -0.25) is 9.59 Å². The SMILES string of the molecule is Cc1nn(-c2ccc(F)cc2F)c2c1[C@H](C(=O)c1ccc3c(c1)OCO3)CC(=O)N2. The van der Waals surface area contributed by atoms with Crippen molar-refractivity contribution in [1.29, 1.82) is 0 Å². The molecule has 0 unspecified atom stereocenters. The molecule has 152 valence electrons. The van der Waals surface area contributed by atoms with Gasteiger partial charge in [0.1, 0.15) is 17.3 Å². The van der Waals surface area contributed by atoms with Gasteiger partial charge in [0.2, 0.25) is 12.7 Å². The Labute approximate surface area is 169 Å². The predicted octanol–water partition coefficient (Wildman–Crippen LogP) is 3.50. The predicted molar refractivity (Wildman–Crippen MR) is 101 cm³/mol. The summed E-state index contributed by atoms with van der Waals surface area (Å²) in [6.07, 6.45) is -0.0707. The number of ether oxygens (including phenoxy) is 2. The third-order valence-corrected chi connectivity index (χ3v) is 5.21. The van der Waals surface area contributed by atoms with Crippen LogP contribution in [0.3, 0.4) is 0 Å². The van der Waals surface area contributed by atoms with Crippen LogP contribution in [0.2, 0.25) is 0 Å². The second-order valence-electron chi connectivity index (χ2n) is 7.09. The van der Waals surface area contributed by atoms with E-state index in [1.54, 1.807) is 25.1 Å². The van der Waals surface area contributed by atoms with Crippen LogP contribution in [0.25, 0.3) is 5.69 Å². The minimum atomic E-state index is -0.834. The molecular weight excluding hydrogens is 396 g/mol. The molecular formula is C21H15F2N3O4. The van der Waals surface area contributed by atoms with Crippen molar-refractivity contribution in [3.05, 3.63) is 64.9 Å². The smallest absolute Gasteiger partial charge is 0.231 e. The summed E-state index contributed by atoms with van der Waals surface area (Å²) < 4.78 is 39.5. The van der Waals surface area contributed by atoms with Gasteiger partial charge in [0.25, 0.3) is 0 Å². The van der Waals surface area contributed by atoms with Crippen LogP contribution in [-0.4, -0.2) is 28.3 Å². The Hall–Kier alpha value is -3.75. The van der Waals surface area contributed by atoms with Gasteiger partial charge in [0, 0.05) is 23.6 Å². The van der Waals surface area contributed by atoms with Gasteiger partial charge in [-0.25, -0.2) is 13.5 Å². The van der Waals surface area contributed by atoms with Crippen molar-refractivity contribution in [2.24, 2.45) is 0 Å². The van der Waals surface area contributed by atoms with Crippen molar-refractivity contribution >= 4 is 17.5 Å². The number of nitrogens with zero attached hydrogens (tertiary/aromatic N) is 2. The molecule has 0 aliphatic carbocycles. The van der Waals surface area contributed by atoms with Crippen molar-refractivity contribution < 1.29 is 27.8 Å². The van der Waals surface area contributed by atoms with Crippen LogP contribution in [0, 0.1) is 18.6 Å². The Bertz CT molecular complexity index is 1220. The minimum absolute atomic E-state index is 0.0303. The molecule has 0 bridgehead atoms. The van der Waals surface area contributed by atoms with Crippen LogP contribution in [-0.2, 0) is 4.79 Å². The number of carbonyl (C=O) groups excluding carboxylic acids is 2. The number of hydrogen-bond acceptors (Lipinski definition) is 5. The van der Waals surface area contributed by atoms with E-state index in [1.807, 2.05) is 0 Å². The van der Waals surface area contributed by atoms with E-state index < -0.39 is 23.5 Å². The van der Waals surface area contributed by atoms with Gasteiger partial charge in [0.15, 0.2) is 23.1 Å². The first-order valence-corrected chi connectivity index (χ1v) is 9.21. The fraction of sp³-hybridized carbons (Fsp3) is 0.190. The standard InChI is InChI=1S/C21H15F2N3O4/c1-10-19-13(20(28)11-2-5-16-17(6-11)30-9-29-16)8-18(27)24-21(19)26(25-10)15-4-3-12(22)7-14(15)23/h2-7,13H,8-9H2,1H3,(H,24,27)/t13-/m1/s1. The van der Waals surface area contributed by atoms with Gasteiger partial charge in [-0.1, -0.05) is 0 Å². The number of Topliss-reactive ketones (excluding diaryl/α,β-unsaturated/α-hetero) is 1. The summed E-state index contributed by atoms with van der Waals surface area (Å²) in [6.45, 7) is 1.76. The number of aromatic nitrogens is 2. The third kappa shape index (κ3) is 2.81. The number of benzene rings is 2. The lowest BCUT2D eigenvalue weighted by molar-refractivity contribution is -0.116. The molecule has 0 saturated carbocycles. The van der Waals surface area contributed by atoms with Crippen LogP contribution in [0.4, 0.5) is 14.6 Å². The van der Waals surface area contributed by atoms with Crippen LogP contribution in [0.15, 0.2) is 36.4 Å². The van der Waals surface area contributed by atoms with E-state index in [2.05, 4.69) is 10.4 Å². The average molecular weight is 411 g/mol. The maximum atomic E-state index is 14.4. The van der Waals surface area contributed by atoms with Gasteiger partial charge in [-0.15, -0.1) is 0 Å². The van der Waals surface area contributed by atoms with Crippen molar-refractivity contribution in [2.45, 2.75) is 19.3 Å². The zero-order valence-electron chi connectivity index (χ0n) is 15.7. The largest absolute Gasteiger partial charge is 0.454 e. The first-order valence-electron chi connectivity index (χ1n) is 9.21. The number of anilines is 1. The maximum Gasteiger partial charge on any atom is 0.231 e. The van der Waals surface area contributed by atoms with Crippen LogP contribution in [0.1, 0.15) is 34.0 Å². The lowest BCUT2D eigenvalue weighted by atomic mass is 9.85. The van der Waals surface area contributed by atoms with Crippen molar-refractivity contribution in [1.82, 2.24) is 9.78 Å². The van der Waals surface area contributed by atoms with Crippen molar-refractivity contribution in [3.8, 4) is 17.2 Å². The molecule has 0 saturated heterocycles. The van der Waals surface area contributed by atoms with Gasteiger partial charge < -0.3 is 14.8 Å². The number of rotatable bonds is 3. The first-order chi connectivity index (χ1) is 14.4. The van der Waals surface area contributed by atoms with E-state index in [0.29, 0.717) is 28.3 Å². The molecule has 5 rings (SSSR count). The lowest BCUT2D eigenvalue weighted by Crippen LogP contribution is -2.28. The average Bonchev–Trinajstić information content (AvgIpc) is 3.31.